The number of amides is 1. The van der Waals surface area contributed by atoms with Gasteiger partial charge in [-0.25, -0.2) is 4.79 Å². The molecule has 6 rings (SSSR count). The van der Waals surface area contributed by atoms with Crippen molar-refractivity contribution < 1.29 is 29.3 Å². The molecule has 1 spiro atoms. The average molecular weight is 455 g/mol. The average Bonchev–Trinajstić information content (AvgIpc) is 3.54. The lowest BCUT2D eigenvalue weighted by Gasteiger charge is -2.64. The second-order valence-electron chi connectivity index (χ2n) is 10.3. The SMILES string of the molecule is COC(=O)C=CC(=O)NC1CC[C@]2(O)C3Cc4ccc(O)c5c4[C@@]2(CCN3CC2CC2)C1O5. The van der Waals surface area contributed by atoms with Gasteiger partial charge in [0, 0.05) is 30.3 Å². The van der Waals surface area contributed by atoms with Crippen molar-refractivity contribution in [2.75, 3.05) is 20.2 Å². The smallest absolute Gasteiger partial charge is 0.330 e. The highest BCUT2D eigenvalue weighted by Gasteiger charge is 2.73. The molecule has 5 aliphatic rings. The molecule has 8 heteroatoms. The van der Waals surface area contributed by atoms with Gasteiger partial charge in [0.1, 0.15) is 6.10 Å². The van der Waals surface area contributed by atoms with Gasteiger partial charge in [0.25, 0.3) is 0 Å². The number of methoxy groups -OCH3 is 1. The van der Waals surface area contributed by atoms with Crippen LogP contribution in [0.25, 0.3) is 0 Å². The van der Waals surface area contributed by atoms with Crippen molar-refractivity contribution in [3.8, 4) is 11.5 Å². The quantitative estimate of drug-likeness (QED) is 0.453. The van der Waals surface area contributed by atoms with Crippen LogP contribution in [-0.4, -0.2) is 71.0 Å². The summed E-state index contributed by atoms with van der Waals surface area (Å²) in [6, 6.07) is 3.29. The topological polar surface area (TPSA) is 108 Å². The number of phenolic OH excluding ortho intramolecular Hbond substituents is 1. The molecule has 1 amide bonds. The van der Waals surface area contributed by atoms with Gasteiger partial charge in [0.2, 0.25) is 5.91 Å². The number of nitrogens with zero attached hydrogens (tertiary/aromatic N) is 1. The van der Waals surface area contributed by atoms with E-state index in [2.05, 4.69) is 15.0 Å². The lowest BCUT2D eigenvalue weighted by atomic mass is 9.48. The van der Waals surface area contributed by atoms with Crippen molar-refractivity contribution in [1.82, 2.24) is 10.2 Å². The number of benzene rings is 1. The Morgan fingerprint density at radius 1 is 1.27 bits per heavy atom. The van der Waals surface area contributed by atoms with Gasteiger partial charge >= 0.3 is 5.97 Å². The van der Waals surface area contributed by atoms with Crippen LogP contribution in [-0.2, 0) is 26.2 Å². The van der Waals surface area contributed by atoms with Crippen molar-refractivity contribution in [1.29, 1.82) is 0 Å². The predicted molar refractivity (Wildman–Crippen MR) is 118 cm³/mol. The molecule has 0 radical (unpaired) electrons. The molecule has 1 saturated heterocycles. The van der Waals surface area contributed by atoms with E-state index in [1.807, 2.05) is 6.07 Å². The second-order valence-corrected chi connectivity index (χ2v) is 10.3. The molecule has 3 fully saturated rings. The van der Waals surface area contributed by atoms with E-state index in [4.69, 9.17) is 4.74 Å². The van der Waals surface area contributed by atoms with E-state index in [0.717, 1.165) is 48.7 Å². The highest BCUT2D eigenvalue weighted by molar-refractivity contribution is 5.94. The first kappa shape index (κ1) is 21.0. The number of hydrogen-bond donors (Lipinski definition) is 3. The summed E-state index contributed by atoms with van der Waals surface area (Å²) in [6.45, 7) is 1.88. The molecule has 8 nitrogen and oxygen atoms in total. The molecule has 33 heavy (non-hydrogen) atoms. The van der Waals surface area contributed by atoms with Gasteiger partial charge in [-0.2, -0.15) is 0 Å². The maximum absolute atomic E-state index is 12.6. The number of aromatic hydroxyl groups is 1. The molecular weight excluding hydrogens is 424 g/mol. The number of piperidine rings is 1. The Labute approximate surface area is 192 Å². The Bertz CT molecular complexity index is 1050. The molecule has 3 aliphatic carbocycles. The Hall–Kier alpha value is -2.58. The van der Waals surface area contributed by atoms with Crippen LogP contribution in [0.5, 0.6) is 11.5 Å². The number of phenols is 1. The summed E-state index contributed by atoms with van der Waals surface area (Å²) in [5.74, 6) is 0.256. The van der Waals surface area contributed by atoms with E-state index in [1.54, 1.807) is 6.07 Å². The minimum atomic E-state index is -0.986. The number of ether oxygens (including phenoxy) is 2. The number of aliphatic hydroxyl groups is 1. The van der Waals surface area contributed by atoms with Crippen LogP contribution in [0, 0.1) is 5.92 Å². The van der Waals surface area contributed by atoms with Gasteiger partial charge in [0.05, 0.1) is 24.2 Å². The van der Waals surface area contributed by atoms with E-state index < -0.39 is 29.0 Å². The molecule has 0 aromatic heterocycles. The molecule has 2 heterocycles. The fourth-order valence-electron chi connectivity index (χ4n) is 7.07. The molecule has 176 valence electrons. The maximum Gasteiger partial charge on any atom is 0.330 e. The Balaban J connectivity index is 1.38. The predicted octanol–water partition coefficient (Wildman–Crippen LogP) is 1.17. The number of rotatable bonds is 5. The maximum atomic E-state index is 12.6. The zero-order valence-electron chi connectivity index (χ0n) is 18.8. The van der Waals surface area contributed by atoms with Gasteiger partial charge in [0.15, 0.2) is 11.5 Å². The third-order valence-corrected chi connectivity index (χ3v) is 8.66. The van der Waals surface area contributed by atoms with Gasteiger partial charge in [-0.15, -0.1) is 0 Å². The number of esters is 1. The lowest BCUT2D eigenvalue weighted by Crippen LogP contribution is -2.78. The zero-order valence-corrected chi connectivity index (χ0v) is 18.8. The first-order chi connectivity index (χ1) is 15.9. The van der Waals surface area contributed by atoms with E-state index in [1.165, 1.54) is 20.0 Å². The van der Waals surface area contributed by atoms with Crippen molar-refractivity contribution in [2.45, 2.75) is 67.7 Å². The number of likely N-dealkylation sites (tertiary alicyclic amines) is 1. The third kappa shape index (κ3) is 2.89. The van der Waals surface area contributed by atoms with Crippen LogP contribution in [0.15, 0.2) is 24.3 Å². The van der Waals surface area contributed by atoms with Crippen molar-refractivity contribution in [3.63, 3.8) is 0 Å². The Kier molecular flexibility index (Phi) is 4.58. The summed E-state index contributed by atoms with van der Waals surface area (Å²) in [4.78, 5) is 26.4. The molecule has 2 aliphatic heterocycles. The summed E-state index contributed by atoms with van der Waals surface area (Å²) < 4.78 is 11.0. The van der Waals surface area contributed by atoms with Crippen molar-refractivity contribution in [2.24, 2.45) is 5.92 Å². The number of hydrogen-bond acceptors (Lipinski definition) is 7. The third-order valence-electron chi connectivity index (χ3n) is 8.66. The van der Waals surface area contributed by atoms with Gasteiger partial charge < -0.3 is 25.0 Å². The van der Waals surface area contributed by atoms with E-state index in [-0.39, 0.29) is 17.8 Å². The summed E-state index contributed by atoms with van der Waals surface area (Å²) in [7, 11) is 1.26. The normalized spacial score (nSPS) is 36.2. The number of carbonyl (C=O) groups is 2. The van der Waals surface area contributed by atoms with Crippen LogP contribution in [0.2, 0.25) is 0 Å². The van der Waals surface area contributed by atoms with Crippen molar-refractivity contribution in [3.05, 3.63) is 35.4 Å². The summed E-state index contributed by atoms with van der Waals surface area (Å²) >= 11 is 0. The fraction of sp³-hybridized carbons (Fsp3) is 0.600. The van der Waals surface area contributed by atoms with Crippen LogP contribution >= 0.6 is 0 Å². The number of carbonyl (C=O) groups excluding carboxylic acids is 2. The summed E-state index contributed by atoms with van der Waals surface area (Å²) in [5, 5.41) is 26.0. The molecule has 1 aromatic carbocycles. The van der Waals surface area contributed by atoms with Crippen LogP contribution in [0.3, 0.4) is 0 Å². The molecule has 3 unspecified atom stereocenters. The van der Waals surface area contributed by atoms with Gasteiger partial charge in [-0.3, -0.25) is 9.69 Å². The van der Waals surface area contributed by atoms with Crippen molar-refractivity contribution >= 4 is 11.9 Å². The van der Waals surface area contributed by atoms with Crippen LogP contribution in [0.4, 0.5) is 0 Å². The van der Waals surface area contributed by atoms with E-state index in [9.17, 15) is 19.8 Å². The van der Waals surface area contributed by atoms with Gasteiger partial charge in [-0.1, -0.05) is 6.07 Å². The highest BCUT2D eigenvalue weighted by Crippen LogP contribution is 2.65. The highest BCUT2D eigenvalue weighted by atomic mass is 16.5. The Morgan fingerprint density at radius 2 is 2.09 bits per heavy atom. The zero-order chi connectivity index (χ0) is 23.0. The first-order valence-corrected chi connectivity index (χ1v) is 11.9. The Morgan fingerprint density at radius 3 is 2.85 bits per heavy atom. The minimum Gasteiger partial charge on any atom is -0.504 e. The molecule has 5 atom stereocenters. The van der Waals surface area contributed by atoms with Gasteiger partial charge in [-0.05, 0) is 62.6 Å². The monoisotopic (exact) mass is 454 g/mol. The standard InChI is InChI=1S/C25H30N2O6/c1-32-20(30)7-6-19(29)26-16-8-9-25(31)18-12-15-4-5-17(28)22-21(15)24(25,23(16)33-22)10-11-27(18)13-14-2-3-14/h4-7,14,16,18,23,28,31H,2-3,8-13H2,1H3,(H,26,29)/t16?,18?,23?,24-,25-/m0/s1. The molecule has 2 bridgehead atoms. The first-order valence-electron chi connectivity index (χ1n) is 11.9. The van der Waals surface area contributed by atoms with E-state index >= 15 is 0 Å². The molecular formula is C25H30N2O6. The largest absolute Gasteiger partial charge is 0.504 e. The van der Waals surface area contributed by atoms with E-state index in [0.29, 0.717) is 25.0 Å². The molecule has 3 N–H and O–H groups in total. The van der Waals surface area contributed by atoms with Crippen LogP contribution in [0.1, 0.15) is 43.2 Å². The van der Waals surface area contributed by atoms with Crippen LogP contribution < -0.4 is 10.1 Å². The summed E-state index contributed by atoms with van der Waals surface area (Å²) in [6.07, 6.45) is 6.84. The number of nitrogens with one attached hydrogen (secondary N) is 1. The lowest BCUT2D eigenvalue weighted by molar-refractivity contribution is -0.192. The summed E-state index contributed by atoms with van der Waals surface area (Å²) in [5.41, 5.74) is 0.390. The molecule has 2 saturated carbocycles. The second kappa shape index (κ2) is 7.21. The molecule has 1 aromatic rings. The minimum absolute atomic E-state index is 0.00295. The fourth-order valence-corrected chi connectivity index (χ4v) is 7.07.